The summed E-state index contributed by atoms with van der Waals surface area (Å²) < 4.78 is 0. The number of aliphatic imine (C=N–C) groups is 1. The molecule has 0 unspecified atom stereocenters. The van der Waals surface area contributed by atoms with Gasteiger partial charge in [0.05, 0.1) is 0 Å². The monoisotopic (exact) mass is 337 g/mol. The number of rotatable bonds is 7. The van der Waals surface area contributed by atoms with E-state index in [4.69, 9.17) is 0 Å². The molecule has 1 amide bonds. The van der Waals surface area contributed by atoms with E-state index in [0.29, 0.717) is 19.0 Å². The lowest BCUT2D eigenvalue weighted by molar-refractivity contribution is -0.121. The average Bonchev–Trinajstić information content (AvgIpc) is 2.62. The Hall–Kier alpha value is -1.30. The van der Waals surface area contributed by atoms with Gasteiger partial charge in [-0.2, -0.15) is 0 Å². The molecule has 24 heavy (non-hydrogen) atoms. The van der Waals surface area contributed by atoms with Crippen LogP contribution < -0.4 is 16.0 Å². The minimum Gasteiger partial charge on any atom is -0.356 e. The molecule has 2 fully saturated rings. The van der Waals surface area contributed by atoms with Crippen molar-refractivity contribution >= 4 is 11.9 Å². The first-order chi connectivity index (χ1) is 11.8. The number of nitrogens with one attached hydrogen (secondary N) is 3. The summed E-state index contributed by atoms with van der Waals surface area (Å²) in [7, 11) is 1.78. The molecule has 0 spiro atoms. The summed E-state index contributed by atoms with van der Waals surface area (Å²) >= 11 is 0. The van der Waals surface area contributed by atoms with Crippen molar-refractivity contribution < 1.29 is 4.79 Å². The summed E-state index contributed by atoms with van der Waals surface area (Å²) in [5.41, 5.74) is 0. The molecule has 1 aliphatic heterocycles. The standard InChI is InChI=1S/C18H35N5O/c1-19-18(21-12-15-23-13-6-3-7-14-23)20-11-10-17(24)22-16-8-4-2-5-9-16/h16H,2-15H2,1H3,(H,22,24)(H2,19,20,21). The van der Waals surface area contributed by atoms with Crippen LogP contribution in [-0.2, 0) is 4.79 Å². The van der Waals surface area contributed by atoms with E-state index in [0.717, 1.165) is 31.9 Å². The highest BCUT2D eigenvalue weighted by Gasteiger charge is 2.15. The van der Waals surface area contributed by atoms with Crippen molar-refractivity contribution in [2.24, 2.45) is 4.99 Å². The number of likely N-dealkylation sites (tertiary alicyclic amines) is 1. The maximum Gasteiger partial charge on any atom is 0.221 e. The Bertz CT molecular complexity index is 387. The number of piperidine rings is 1. The molecule has 6 nitrogen and oxygen atoms in total. The van der Waals surface area contributed by atoms with Gasteiger partial charge in [0.2, 0.25) is 5.91 Å². The van der Waals surface area contributed by atoms with Crippen molar-refractivity contribution in [2.75, 3.05) is 39.8 Å². The molecular formula is C18H35N5O. The van der Waals surface area contributed by atoms with Crippen LogP contribution in [0.2, 0.25) is 0 Å². The number of carbonyl (C=O) groups is 1. The summed E-state index contributed by atoms with van der Waals surface area (Å²) in [5, 5.41) is 9.72. The highest BCUT2D eigenvalue weighted by Crippen LogP contribution is 2.17. The highest BCUT2D eigenvalue weighted by atomic mass is 16.1. The molecule has 0 aromatic rings. The smallest absolute Gasteiger partial charge is 0.221 e. The van der Waals surface area contributed by atoms with E-state index in [-0.39, 0.29) is 5.91 Å². The van der Waals surface area contributed by atoms with E-state index in [1.165, 1.54) is 51.6 Å². The third-order valence-electron chi connectivity index (χ3n) is 5.01. The van der Waals surface area contributed by atoms with Crippen molar-refractivity contribution in [3.63, 3.8) is 0 Å². The van der Waals surface area contributed by atoms with Crippen LogP contribution in [0.4, 0.5) is 0 Å². The summed E-state index contributed by atoms with van der Waals surface area (Å²) in [6.07, 6.45) is 10.6. The van der Waals surface area contributed by atoms with Crippen LogP contribution in [-0.4, -0.2) is 62.6 Å². The summed E-state index contributed by atoms with van der Waals surface area (Å²) in [5.74, 6) is 0.940. The second-order valence-corrected chi connectivity index (χ2v) is 6.98. The molecular weight excluding hydrogens is 302 g/mol. The predicted molar refractivity (Wildman–Crippen MR) is 99.3 cm³/mol. The van der Waals surface area contributed by atoms with Crippen LogP contribution in [0.3, 0.4) is 0 Å². The normalized spacial score (nSPS) is 20.6. The van der Waals surface area contributed by atoms with Gasteiger partial charge in [0.1, 0.15) is 0 Å². The Balaban J connectivity index is 1.53. The van der Waals surface area contributed by atoms with Gasteiger partial charge in [0, 0.05) is 39.1 Å². The van der Waals surface area contributed by atoms with Crippen molar-refractivity contribution in [2.45, 2.75) is 63.8 Å². The molecule has 138 valence electrons. The van der Waals surface area contributed by atoms with Crippen molar-refractivity contribution in [3.05, 3.63) is 0 Å². The van der Waals surface area contributed by atoms with E-state index in [1.807, 2.05) is 0 Å². The Morgan fingerprint density at radius 2 is 1.67 bits per heavy atom. The minimum atomic E-state index is 0.151. The van der Waals surface area contributed by atoms with E-state index in [1.54, 1.807) is 7.05 Å². The zero-order valence-corrected chi connectivity index (χ0v) is 15.3. The Morgan fingerprint density at radius 1 is 1.00 bits per heavy atom. The minimum absolute atomic E-state index is 0.151. The number of nitrogens with zero attached hydrogens (tertiary/aromatic N) is 2. The molecule has 1 aliphatic carbocycles. The zero-order valence-electron chi connectivity index (χ0n) is 15.3. The molecule has 0 bridgehead atoms. The second kappa shape index (κ2) is 11.3. The molecule has 6 heteroatoms. The Kier molecular flexibility index (Phi) is 8.95. The van der Waals surface area contributed by atoms with Crippen LogP contribution in [0.5, 0.6) is 0 Å². The predicted octanol–water partition coefficient (Wildman–Crippen LogP) is 1.48. The fourth-order valence-electron chi connectivity index (χ4n) is 3.58. The number of hydrogen-bond acceptors (Lipinski definition) is 3. The molecule has 0 aromatic heterocycles. The van der Waals surface area contributed by atoms with Gasteiger partial charge in [0.15, 0.2) is 5.96 Å². The fraction of sp³-hybridized carbons (Fsp3) is 0.889. The quantitative estimate of drug-likeness (QED) is 0.486. The van der Waals surface area contributed by atoms with Gasteiger partial charge in [-0.1, -0.05) is 25.7 Å². The van der Waals surface area contributed by atoms with Gasteiger partial charge in [0.25, 0.3) is 0 Å². The molecule has 0 radical (unpaired) electrons. The SMILES string of the molecule is CN=C(NCCC(=O)NC1CCCCC1)NCCN1CCCCC1. The van der Waals surface area contributed by atoms with Crippen molar-refractivity contribution in [3.8, 4) is 0 Å². The van der Waals surface area contributed by atoms with Gasteiger partial charge in [-0.15, -0.1) is 0 Å². The summed E-state index contributed by atoms with van der Waals surface area (Å²) in [6, 6.07) is 0.397. The van der Waals surface area contributed by atoms with E-state index in [9.17, 15) is 4.79 Å². The van der Waals surface area contributed by atoms with Crippen molar-refractivity contribution in [1.29, 1.82) is 0 Å². The molecule has 2 aliphatic rings. The number of amides is 1. The first-order valence-corrected chi connectivity index (χ1v) is 9.74. The lowest BCUT2D eigenvalue weighted by Crippen LogP contribution is -2.44. The van der Waals surface area contributed by atoms with E-state index < -0.39 is 0 Å². The maximum absolute atomic E-state index is 12.0. The third kappa shape index (κ3) is 7.51. The summed E-state index contributed by atoms with van der Waals surface area (Å²) in [4.78, 5) is 18.7. The Morgan fingerprint density at radius 3 is 2.38 bits per heavy atom. The Labute approximate surface area is 146 Å². The number of carbonyl (C=O) groups excluding carboxylic acids is 1. The van der Waals surface area contributed by atoms with E-state index in [2.05, 4.69) is 25.8 Å². The van der Waals surface area contributed by atoms with Crippen molar-refractivity contribution in [1.82, 2.24) is 20.9 Å². The molecule has 0 atom stereocenters. The maximum atomic E-state index is 12.0. The lowest BCUT2D eigenvalue weighted by atomic mass is 9.95. The first kappa shape index (κ1) is 19.0. The molecule has 1 saturated carbocycles. The molecule has 2 rings (SSSR count). The fourth-order valence-corrected chi connectivity index (χ4v) is 3.58. The van der Waals surface area contributed by atoms with E-state index >= 15 is 0 Å². The zero-order chi connectivity index (χ0) is 17.0. The highest BCUT2D eigenvalue weighted by molar-refractivity contribution is 5.81. The number of guanidine groups is 1. The van der Waals surface area contributed by atoms with Gasteiger partial charge in [-0.25, -0.2) is 0 Å². The lowest BCUT2D eigenvalue weighted by Gasteiger charge is -2.26. The summed E-state index contributed by atoms with van der Waals surface area (Å²) in [6.45, 7) is 5.02. The van der Waals surface area contributed by atoms with Gasteiger partial charge in [-0.3, -0.25) is 9.79 Å². The topological polar surface area (TPSA) is 68.8 Å². The second-order valence-electron chi connectivity index (χ2n) is 6.98. The first-order valence-electron chi connectivity index (χ1n) is 9.74. The van der Waals surface area contributed by atoms with Crippen LogP contribution >= 0.6 is 0 Å². The molecule has 0 aromatic carbocycles. The molecule has 1 saturated heterocycles. The molecule has 3 N–H and O–H groups in total. The van der Waals surface area contributed by atoms with Crippen LogP contribution in [0, 0.1) is 0 Å². The number of hydrogen-bond donors (Lipinski definition) is 3. The van der Waals surface area contributed by atoms with Gasteiger partial charge >= 0.3 is 0 Å². The van der Waals surface area contributed by atoms with Gasteiger partial charge < -0.3 is 20.9 Å². The van der Waals surface area contributed by atoms with Crippen LogP contribution in [0.1, 0.15) is 57.8 Å². The van der Waals surface area contributed by atoms with Crippen LogP contribution in [0.15, 0.2) is 4.99 Å². The average molecular weight is 338 g/mol. The van der Waals surface area contributed by atoms with Crippen LogP contribution in [0.25, 0.3) is 0 Å². The molecule has 1 heterocycles. The van der Waals surface area contributed by atoms with Gasteiger partial charge in [-0.05, 0) is 38.8 Å². The third-order valence-corrected chi connectivity index (χ3v) is 5.01. The largest absolute Gasteiger partial charge is 0.356 e.